The molecule has 0 saturated heterocycles. The highest BCUT2D eigenvalue weighted by molar-refractivity contribution is 5.75. The van der Waals surface area contributed by atoms with Crippen molar-refractivity contribution in [3.8, 4) is 11.5 Å². The Morgan fingerprint density at radius 1 is 1.12 bits per heavy atom. The van der Waals surface area contributed by atoms with Gasteiger partial charge in [-0.1, -0.05) is 37.3 Å². The number of hydrogen-bond donors (Lipinski definition) is 2. The molecule has 6 heteroatoms. The van der Waals surface area contributed by atoms with E-state index in [1.54, 1.807) is 14.0 Å². The number of hydrogen-bond acceptors (Lipinski definition) is 3. The van der Waals surface area contributed by atoms with Crippen molar-refractivity contribution in [3.63, 3.8) is 0 Å². The Kier molecular flexibility index (Phi) is 6.39. The topological polar surface area (TPSA) is 78.9 Å². The molecule has 0 spiro atoms. The molecular weight excluding hydrogens is 320 g/mol. The largest absolute Gasteiger partial charge is 0.481 e. The first-order chi connectivity index (χ1) is 12.0. The number of para-hydroxylation sites is 1. The molecule has 2 aromatic carbocycles. The standard InChI is InChI=1S/C19H22N2O4/c1-14(18(22)23)13-21(2)19(24)20-12-15-7-6-10-17(11-15)25-16-8-4-3-5-9-16/h3-11,14H,12-13H2,1-2H3,(H,20,24)(H,22,23). The lowest BCUT2D eigenvalue weighted by atomic mass is 10.2. The zero-order valence-electron chi connectivity index (χ0n) is 14.3. The zero-order valence-corrected chi connectivity index (χ0v) is 14.3. The number of rotatable bonds is 7. The molecule has 1 atom stereocenters. The van der Waals surface area contributed by atoms with Crippen LogP contribution in [0.5, 0.6) is 11.5 Å². The fraction of sp³-hybridized carbons (Fsp3) is 0.263. The van der Waals surface area contributed by atoms with Crippen LogP contribution in [0.4, 0.5) is 4.79 Å². The Labute approximate surface area is 147 Å². The van der Waals surface area contributed by atoms with Crippen molar-refractivity contribution in [2.24, 2.45) is 5.92 Å². The van der Waals surface area contributed by atoms with E-state index in [1.165, 1.54) is 4.90 Å². The predicted molar refractivity (Wildman–Crippen MR) is 94.6 cm³/mol. The number of ether oxygens (including phenoxy) is 1. The van der Waals surface area contributed by atoms with E-state index in [2.05, 4.69) is 5.32 Å². The molecule has 1 unspecified atom stereocenters. The summed E-state index contributed by atoms with van der Waals surface area (Å²) in [4.78, 5) is 24.3. The van der Waals surface area contributed by atoms with Crippen LogP contribution >= 0.6 is 0 Å². The Morgan fingerprint density at radius 3 is 2.48 bits per heavy atom. The summed E-state index contributed by atoms with van der Waals surface area (Å²) in [7, 11) is 1.57. The number of nitrogens with zero attached hydrogens (tertiary/aromatic N) is 1. The molecule has 0 aromatic heterocycles. The van der Waals surface area contributed by atoms with Gasteiger partial charge in [0.05, 0.1) is 5.92 Å². The summed E-state index contributed by atoms with van der Waals surface area (Å²) in [5, 5.41) is 11.7. The zero-order chi connectivity index (χ0) is 18.2. The molecule has 2 rings (SSSR count). The highest BCUT2D eigenvalue weighted by Crippen LogP contribution is 2.21. The van der Waals surface area contributed by atoms with E-state index in [1.807, 2.05) is 54.6 Å². The Morgan fingerprint density at radius 2 is 1.80 bits per heavy atom. The van der Waals surface area contributed by atoms with Crippen LogP contribution in [0.2, 0.25) is 0 Å². The summed E-state index contributed by atoms with van der Waals surface area (Å²) in [6, 6.07) is 16.6. The van der Waals surface area contributed by atoms with Gasteiger partial charge >= 0.3 is 12.0 Å². The maximum absolute atomic E-state index is 12.0. The Hall–Kier alpha value is -3.02. The first kappa shape index (κ1) is 18.3. The van der Waals surface area contributed by atoms with E-state index in [0.29, 0.717) is 12.3 Å². The number of carboxylic acid groups (broad SMARTS) is 1. The van der Waals surface area contributed by atoms with E-state index < -0.39 is 11.9 Å². The van der Waals surface area contributed by atoms with Gasteiger partial charge in [-0.2, -0.15) is 0 Å². The quantitative estimate of drug-likeness (QED) is 0.809. The number of carbonyl (C=O) groups excluding carboxylic acids is 1. The summed E-state index contributed by atoms with van der Waals surface area (Å²) < 4.78 is 5.76. The molecule has 25 heavy (non-hydrogen) atoms. The molecule has 0 heterocycles. The Bertz CT molecular complexity index is 718. The number of carboxylic acids is 1. The molecule has 2 amide bonds. The number of amides is 2. The lowest BCUT2D eigenvalue weighted by Gasteiger charge is -2.20. The average Bonchev–Trinajstić information content (AvgIpc) is 2.60. The van der Waals surface area contributed by atoms with Crippen molar-refractivity contribution in [1.29, 1.82) is 0 Å². The molecule has 0 bridgehead atoms. The van der Waals surface area contributed by atoms with Crippen LogP contribution in [0.25, 0.3) is 0 Å². The van der Waals surface area contributed by atoms with Crippen LogP contribution < -0.4 is 10.1 Å². The SMILES string of the molecule is CC(CN(C)C(=O)NCc1cccc(Oc2ccccc2)c1)C(=O)O. The fourth-order valence-corrected chi connectivity index (χ4v) is 2.23. The van der Waals surface area contributed by atoms with Gasteiger partial charge in [-0.25, -0.2) is 4.79 Å². The van der Waals surface area contributed by atoms with Crippen LogP contribution in [-0.4, -0.2) is 35.6 Å². The van der Waals surface area contributed by atoms with Crippen molar-refractivity contribution in [2.75, 3.05) is 13.6 Å². The molecule has 0 aliphatic carbocycles. The van der Waals surface area contributed by atoms with Gasteiger partial charge in [0, 0.05) is 20.1 Å². The number of nitrogens with one attached hydrogen (secondary N) is 1. The summed E-state index contributed by atoms with van der Waals surface area (Å²) >= 11 is 0. The lowest BCUT2D eigenvalue weighted by Crippen LogP contribution is -2.40. The van der Waals surface area contributed by atoms with Crippen molar-refractivity contribution >= 4 is 12.0 Å². The molecule has 0 radical (unpaired) electrons. The van der Waals surface area contributed by atoms with Crippen LogP contribution in [0.1, 0.15) is 12.5 Å². The third-order valence-electron chi connectivity index (χ3n) is 3.64. The fourth-order valence-electron chi connectivity index (χ4n) is 2.23. The third kappa shape index (κ3) is 5.84. The van der Waals surface area contributed by atoms with Gasteiger partial charge in [-0.05, 0) is 29.8 Å². The minimum Gasteiger partial charge on any atom is -0.481 e. The molecule has 2 aromatic rings. The summed E-state index contributed by atoms with van der Waals surface area (Å²) in [5.74, 6) is -0.111. The number of urea groups is 1. The van der Waals surface area contributed by atoms with Gasteiger partial charge in [-0.3, -0.25) is 4.79 Å². The normalized spacial score (nSPS) is 11.4. The highest BCUT2D eigenvalue weighted by Gasteiger charge is 2.17. The maximum atomic E-state index is 12.0. The summed E-state index contributed by atoms with van der Waals surface area (Å²) in [6.45, 7) is 2.05. The molecule has 2 N–H and O–H groups in total. The lowest BCUT2D eigenvalue weighted by molar-refractivity contribution is -0.141. The number of aliphatic carboxylic acids is 1. The molecule has 0 aliphatic rings. The van der Waals surface area contributed by atoms with E-state index in [0.717, 1.165) is 11.3 Å². The van der Waals surface area contributed by atoms with E-state index in [9.17, 15) is 9.59 Å². The van der Waals surface area contributed by atoms with Crippen molar-refractivity contribution in [2.45, 2.75) is 13.5 Å². The highest BCUT2D eigenvalue weighted by atomic mass is 16.5. The third-order valence-corrected chi connectivity index (χ3v) is 3.64. The Balaban J connectivity index is 1.89. The van der Waals surface area contributed by atoms with Gasteiger partial charge in [0.15, 0.2) is 0 Å². The van der Waals surface area contributed by atoms with Gasteiger partial charge in [0.2, 0.25) is 0 Å². The van der Waals surface area contributed by atoms with Crippen LogP contribution in [0.3, 0.4) is 0 Å². The van der Waals surface area contributed by atoms with E-state index in [-0.39, 0.29) is 12.6 Å². The van der Waals surface area contributed by atoms with Crippen LogP contribution in [0.15, 0.2) is 54.6 Å². The van der Waals surface area contributed by atoms with E-state index >= 15 is 0 Å². The van der Waals surface area contributed by atoms with Gasteiger partial charge in [0.25, 0.3) is 0 Å². The molecule has 132 valence electrons. The second kappa shape index (κ2) is 8.73. The predicted octanol–water partition coefficient (Wildman–Crippen LogP) is 3.34. The van der Waals surface area contributed by atoms with Gasteiger partial charge in [0.1, 0.15) is 11.5 Å². The first-order valence-electron chi connectivity index (χ1n) is 7.99. The molecule has 0 saturated carbocycles. The second-order valence-corrected chi connectivity index (χ2v) is 5.84. The summed E-state index contributed by atoms with van der Waals surface area (Å²) in [5.41, 5.74) is 0.890. The van der Waals surface area contributed by atoms with E-state index in [4.69, 9.17) is 9.84 Å². The summed E-state index contributed by atoms with van der Waals surface area (Å²) in [6.07, 6.45) is 0. The molecule has 0 aliphatic heterocycles. The van der Waals surface area contributed by atoms with Crippen molar-refractivity contribution in [3.05, 3.63) is 60.2 Å². The van der Waals surface area contributed by atoms with Crippen molar-refractivity contribution in [1.82, 2.24) is 10.2 Å². The van der Waals surface area contributed by atoms with Crippen LogP contribution in [-0.2, 0) is 11.3 Å². The average molecular weight is 342 g/mol. The maximum Gasteiger partial charge on any atom is 0.317 e. The minimum absolute atomic E-state index is 0.151. The van der Waals surface area contributed by atoms with Gasteiger partial charge in [-0.15, -0.1) is 0 Å². The first-order valence-corrected chi connectivity index (χ1v) is 7.99. The minimum atomic E-state index is -0.926. The molecule has 6 nitrogen and oxygen atoms in total. The smallest absolute Gasteiger partial charge is 0.317 e. The number of carbonyl (C=O) groups is 2. The van der Waals surface area contributed by atoms with Crippen LogP contribution in [0, 0.1) is 5.92 Å². The number of benzene rings is 2. The van der Waals surface area contributed by atoms with Crippen molar-refractivity contribution < 1.29 is 19.4 Å². The van der Waals surface area contributed by atoms with Gasteiger partial charge < -0.3 is 20.1 Å². The second-order valence-electron chi connectivity index (χ2n) is 5.84. The molecular formula is C19H22N2O4. The monoisotopic (exact) mass is 342 g/mol. The molecule has 0 fully saturated rings.